The molecule has 0 heterocycles. The molecule has 0 spiro atoms. The Hall–Kier alpha value is -1.05. The van der Waals surface area contributed by atoms with Gasteiger partial charge in [0.05, 0.1) is 6.26 Å². The summed E-state index contributed by atoms with van der Waals surface area (Å²) in [6.45, 7) is 2.47. The normalized spacial score (nSPS) is 10.9. The zero-order valence-electron chi connectivity index (χ0n) is 6.12. The Balaban J connectivity index is 3.17. The largest absolute Gasteiger partial charge is 0.437 e. The lowest BCUT2D eigenvalue weighted by Gasteiger charge is -1.82. The van der Waals surface area contributed by atoms with Gasteiger partial charge < -0.3 is 4.74 Å². The molecule has 0 N–H and O–H groups in total. The molecule has 2 nitrogen and oxygen atoms in total. The van der Waals surface area contributed by atoms with E-state index in [1.165, 1.54) is 6.26 Å². The third-order valence-corrected chi connectivity index (χ3v) is 0.905. The number of hydrogen-bond acceptors (Lipinski definition) is 2. The summed E-state index contributed by atoms with van der Waals surface area (Å²) in [5, 5.41) is 0. The van der Waals surface area contributed by atoms with Crippen LogP contribution in [-0.4, -0.2) is 6.47 Å². The minimum Gasteiger partial charge on any atom is -0.437 e. The van der Waals surface area contributed by atoms with E-state index >= 15 is 0 Å². The molecule has 0 saturated carbocycles. The van der Waals surface area contributed by atoms with Gasteiger partial charge in [-0.2, -0.15) is 0 Å². The first-order valence-electron chi connectivity index (χ1n) is 3.31. The molecule has 0 aromatic rings. The Labute approximate surface area is 61.2 Å². The monoisotopic (exact) mass is 140 g/mol. The maximum Gasteiger partial charge on any atom is 0.297 e. The van der Waals surface area contributed by atoms with Gasteiger partial charge in [0.1, 0.15) is 0 Å². The van der Waals surface area contributed by atoms with Crippen molar-refractivity contribution in [2.75, 3.05) is 0 Å². The summed E-state index contributed by atoms with van der Waals surface area (Å²) in [6.07, 6.45) is 9.10. The van der Waals surface area contributed by atoms with Crippen molar-refractivity contribution in [1.29, 1.82) is 0 Å². The molecule has 0 aliphatic heterocycles. The predicted molar refractivity (Wildman–Crippen MR) is 40.3 cm³/mol. The standard InChI is InChI=1S/C8H12O2/c1-2-3-4-5-6-7-10-8-9/h3-4,6-8H,2,5H2,1H3. The molecule has 0 saturated heterocycles. The van der Waals surface area contributed by atoms with E-state index in [1.54, 1.807) is 6.08 Å². The Morgan fingerprint density at radius 1 is 1.30 bits per heavy atom. The van der Waals surface area contributed by atoms with E-state index in [0.717, 1.165) is 12.8 Å². The van der Waals surface area contributed by atoms with Crippen LogP contribution in [0.4, 0.5) is 0 Å². The minimum atomic E-state index is 0.403. The fourth-order valence-electron chi connectivity index (χ4n) is 0.485. The van der Waals surface area contributed by atoms with Crippen molar-refractivity contribution in [2.24, 2.45) is 0 Å². The van der Waals surface area contributed by atoms with Gasteiger partial charge in [0.25, 0.3) is 6.47 Å². The molecule has 56 valence electrons. The van der Waals surface area contributed by atoms with E-state index in [1.807, 2.05) is 6.08 Å². The second-order valence-corrected chi connectivity index (χ2v) is 1.72. The first-order chi connectivity index (χ1) is 4.91. The summed E-state index contributed by atoms with van der Waals surface area (Å²) in [6, 6.07) is 0. The van der Waals surface area contributed by atoms with Crippen molar-refractivity contribution in [3.05, 3.63) is 24.5 Å². The van der Waals surface area contributed by atoms with E-state index in [-0.39, 0.29) is 0 Å². The van der Waals surface area contributed by atoms with Crippen LogP contribution >= 0.6 is 0 Å². The Kier molecular flexibility index (Phi) is 7.12. The maximum atomic E-state index is 9.60. The summed E-state index contributed by atoms with van der Waals surface area (Å²) in [4.78, 5) is 9.60. The molecule has 10 heavy (non-hydrogen) atoms. The quantitative estimate of drug-likeness (QED) is 0.332. The molecule has 0 aromatic heterocycles. The lowest BCUT2D eigenvalue weighted by atomic mass is 10.3. The molecule has 0 amide bonds. The Morgan fingerprint density at radius 3 is 2.70 bits per heavy atom. The lowest BCUT2D eigenvalue weighted by Crippen LogP contribution is -1.71. The first kappa shape index (κ1) is 8.95. The van der Waals surface area contributed by atoms with E-state index in [4.69, 9.17) is 0 Å². The van der Waals surface area contributed by atoms with E-state index in [9.17, 15) is 4.79 Å². The van der Waals surface area contributed by atoms with E-state index in [2.05, 4.69) is 17.7 Å². The molecule has 0 radical (unpaired) electrons. The highest BCUT2D eigenvalue weighted by Crippen LogP contribution is 1.87. The molecule has 0 atom stereocenters. The zero-order chi connectivity index (χ0) is 7.66. The summed E-state index contributed by atoms with van der Waals surface area (Å²) in [5.41, 5.74) is 0. The van der Waals surface area contributed by atoms with Crippen molar-refractivity contribution in [2.45, 2.75) is 19.8 Å². The molecule has 0 rings (SSSR count). The van der Waals surface area contributed by atoms with Crippen LogP contribution in [0.25, 0.3) is 0 Å². The van der Waals surface area contributed by atoms with Gasteiger partial charge in [-0.1, -0.05) is 19.1 Å². The van der Waals surface area contributed by atoms with Crippen molar-refractivity contribution in [1.82, 2.24) is 0 Å². The SMILES string of the molecule is CCC=CCC=COC=O. The Morgan fingerprint density at radius 2 is 2.10 bits per heavy atom. The van der Waals surface area contributed by atoms with Gasteiger partial charge in [-0.3, -0.25) is 4.79 Å². The molecular formula is C8H12O2. The number of rotatable bonds is 5. The van der Waals surface area contributed by atoms with Gasteiger partial charge in [-0.15, -0.1) is 0 Å². The summed E-state index contributed by atoms with van der Waals surface area (Å²) >= 11 is 0. The molecule has 0 aliphatic rings. The Bertz CT molecular complexity index is 125. The molecule has 2 heteroatoms. The third-order valence-electron chi connectivity index (χ3n) is 0.905. The highest BCUT2D eigenvalue weighted by molar-refractivity contribution is 5.38. The van der Waals surface area contributed by atoms with E-state index < -0.39 is 0 Å². The predicted octanol–water partition coefficient (Wildman–Crippen LogP) is 2.03. The number of carbonyl (C=O) groups excluding carboxylic acids is 1. The summed E-state index contributed by atoms with van der Waals surface area (Å²) in [5.74, 6) is 0. The molecule has 0 bridgehead atoms. The van der Waals surface area contributed by atoms with Crippen LogP contribution in [0.2, 0.25) is 0 Å². The molecule has 0 aliphatic carbocycles. The van der Waals surface area contributed by atoms with Crippen LogP contribution in [0.5, 0.6) is 0 Å². The number of allylic oxidation sites excluding steroid dienone is 3. The van der Waals surface area contributed by atoms with Crippen molar-refractivity contribution in [3.63, 3.8) is 0 Å². The van der Waals surface area contributed by atoms with Crippen LogP contribution < -0.4 is 0 Å². The number of hydrogen-bond donors (Lipinski definition) is 0. The second-order valence-electron chi connectivity index (χ2n) is 1.72. The van der Waals surface area contributed by atoms with Crippen LogP contribution in [0, 0.1) is 0 Å². The zero-order valence-corrected chi connectivity index (χ0v) is 6.12. The lowest BCUT2D eigenvalue weighted by molar-refractivity contribution is -0.123. The number of ether oxygens (including phenoxy) is 1. The summed E-state index contributed by atoms with van der Waals surface area (Å²) < 4.78 is 4.32. The second kappa shape index (κ2) is 7.95. The molecule has 0 fully saturated rings. The van der Waals surface area contributed by atoms with Gasteiger partial charge in [0.15, 0.2) is 0 Å². The van der Waals surface area contributed by atoms with Crippen LogP contribution in [0.15, 0.2) is 24.5 Å². The average molecular weight is 140 g/mol. The van der Waals surface area contributed by atoms with Crippen molar-refractivity contribution < 1.29 is 9.53 Å². The highest BCUT2D eigenvalue weighted by Gasteiger charge is 1.70. The smallest absolute Gasteiger partial charge is 0.297 e. The molecule has 0 aromatic carbocycles. The van der Waals surface area contributed by atoms with Crippen molar-refractivity contribution >= 4 is 6.47 Å². The average Bonchev–Trinajstić information content (AvgIpc) is 1.97. The van der Waals surface area contributed by atoms with Gasteiger partial charge >= 0.3 is 0 Å². The van der Waals surface area contributed by atoms with Gasteiger partial charge in [-0.25, -0.2) is 0 Å². The van der Waals surface area contributed by atoms with Crippen molar-refractivity contribution in [3.8, 4) is 0 Å². The molecule has 0 unspecified atom stereocenters. The fourth-order valence-corrected chi connectivity index (χ4v) is 0.485. The fraction of sp³-hybridized carbons (Fsp3) is 0.375. The number of carbonyl (C=O) groups is 1. The molecular weight excluding hydrogens is 128 g/mol. The van der Waals surface area contributed by atoms with Gasteiger partial charge in [0.2, 0.25) is 0 Å². The summed E-state index contributed by atoms with van der Waals surface area (Å²) in [7, 11) is 0. The third kappa shape index (κ3) is 6.95. The van der Waals surface area contributed by atoms with E-state index in [0.29, 0.717) is 6.47 Å². The van der Waals surface area contributed by atoms with Gasteiger partial charge in [0, 0.05) is 0 Å². The highest BCUT2D eigenvalue weighted by atomic mass is 16.5. The first-order valence-corrected chi connectivity index (χ1v) is 3.31. The van der Waals surface area contributed by atoms with Crippen LogP contribution in [-0.2, 0) is 9.53 Å². The van der Waals surface area contributed by atoms with Crippen LogP contribution in [0.3, 0.4) is 0 Å². The maximum absolute atomic E-state index is 9.60. The van der Waals surface area contributed by atoms with Gasteiger partial charge in [-0.05, 0) is 18.9 Å². The topological polar surface area (TPSA) is 26.3 Å². The minimum absolute atomic E-state index is 0.403. The van der Waals surface area contributed by atoms with Crippen LogP contribution in [0.1, 0.15) is 19.8 Å².